The molecule has 0 atom stereocenters. The van der Waals surface area contributed by atoms with Crippen LogP contribution < -0.4 is 16.4 Å². The van der Waals surface area contributed by atoms with Gasteiger partial charge in [-0.1, -0.05) is 6.42 Å². The number of carbonyl (C=O) groups is 2. The number of nitriles is 1. The summed E-state index contributed by atoms with van der Waals surface area (Å²) < 4.78 is 4.50. The van der Waals surface area contributed by atoms with Gasteiger partial charge in [0.2, 0.25) is 0 Å². The number of primary amides is 1. The molecule has 7 heteroatoms. The first-order valence-electron chi connectivity index (χ1n) is 5.02. The lowest BCUT2D eigenvalue weighted by Crippen LogP contribution is -2.42. The molecule has 4 amide bonds. The number of nitrogens with two attached hydrogens (primary N) is 1. The van der Waals surface area contributed by atoms with Crippen LogP contribution in [0.25, 0.3) is 0 Å². The number of nitrogens with zero attached hydrogens (tertiary/aromatic N) is 1. The van der Waals surface area contributed by atoms with Gasteiger partial charge < -0.3 is 15.8 Å². The van der Waals surface area contributed by atoms with Crippen molar-refractivity contribution in [3.8, 4) is 6.26 Å². The van der Waals surface area contributed by atoms with Crippen LogP contribution in [-0.4, -0.2) is 25.2 Å². The van der Waals surface area contributed by atoms with Crippen molar-refractivity contribution in [3.63, 3.8) is 0 Å². The molecule has 0 aromatic rings. The number of hydrogen-bond donors (Lipinski definition) is 3. The molecule has 0 unspecified atom stereocenters. The molecule has 90 valence electrons. The van der Waals surface area contributed by atoms with Gasteiger partial charge in [0.1, 0.15) is 6.61 Å². The van der Waals surface area contributed by atoms with E-state index in [0.717, 1.165) is 25.7 Å². The van der Waals surface area contributed by atoms with Gasteiger partial charge in [0.05, 0.1) is 0 Å². The van der Waals surface area contributed by atoms with Gasteiger partial charge in [-0.25, -0.2) is 9.59 Å². The van der Waals surface area contributed by atoms with E-state index in [9.17, 15) is 9.59 Å². The number of amides is 4. The van der Waals surface area contributed by atoms with Crippen molar-refractivity contribution in [1.29, 1.82) is 5.26 Å². The summed E-state index contributed by atoms with van der Waals surface area (Å²) in [6.07, 6.45) is 5.07. The molecule has 0 bridgehead atoms. The van der Waals surface area contributed by atoms with Gasteiger partial charge in [-0.3, -0.25) is 5.32 Å². The second-order valence-corrected chi connectivity index (χ2v) is 3.10. The van der Waals surface area contributed by atoms with Crippen LogP contribution in [0.5, 0.6) is 0 Å². The fourth-order valence-corrected chi connectivity index (χ4v) is 1.06. The average Bonchev–Trinajstić information content (AvgIpc) is 2.21. The molecule has 4 N–H and O–H groups in total. The zero-order chi connectivity index (χ0) is 12.2. The van der Waals surface area contributed by atoms with Crippen molar-refractivity contribution < 1.29 is 14.3 Å². The van der Waals surface area contributed by atoms with Gasteiger partial charge in [-0.2, -0.15) is 5.26 Å². The third-order valence-electron chi connectivity index (χ3n) is 1.76. The van der Waals surface area contributed by atoms with Gasteiger partial charge in [0, 0.05) is 6.54 Å². The first-order chi connectivity index (χ1) is 7.66. The third kappa shape index (κ3) is 10.1. The van der Waals surface area contributed by atoms with Crippen LogP contribution in [0.2, 0.25) is 0 Å². The maximum atomic E-state index is 10.8. The van der Waals surface area contributed by atoms with E-state index in [1.165, 1.54) is 0 Å². The minimum Gasteiger partial charge on any atom is -0.428 e. The van der Waals surface area contributed by atoms with Crippen molar-refractivity contribution in [2.75, 3.05) is 13.2 Å². The van der Waals surface area contributed by atoms with Gasteiger partial charge in [0.25, 0.3) is 6.26 Å². The van der Waals surface area contributed by atoms with Gasteiger partial charge in [-0.15, -0.1) is 0 Å². The average molecular weight is 228 g/mol. The minimum absolute atomic E-state index is 0.437. The smallest absolute Gasteiger partial charge is 0.322 e. The summed E-state index contributed by atoms with van der Waals surface area (Å²) in [5, 5.41) is 12.5. The molecule has 16 heavy (non-hydrogen) atoms. The number of urea groups is 2. The molecule has 0 radical (unpaired) electrons. The highest BCUT2D eigenvalue weighted by Gasteiger charge is 2.01. The Bertz CT molecular complexity index is 262. The Hall–Kier alpha value is -1.97. The molecule has 0 aliphatic heterocycles. The molecule has 0 heterocycles. The number of ether oxygens (including phenoxy) is 1. The Morgan fingerprint density at radius 2 is 1.94 bits per heavy atom. The summed E-state index contributed by atoms with van der Waals surface area (Å²) in [5.74, 6) is 0. The van der Waals surface area contributed by atoms with Crippen molar-refractivity contribution in [2.24, 2.45) is 5.73 Å². The van der Waals surface area contributed by atoms with Crippen LogP contribution in [0.1, 0.15) is 25.7 Å². The van der Waals surface area contributed by atoms with Gasteiger partial charge >= 0.3 is 12.1 Å². The Labute approximate surface area is 93.9 Å². The fraction of sp³-hybridized carbons (Fsp3) is 0.667. The van der Waals surface area contributed by atoms with E-state index >= 15 is 0 Å². The molecule has 0 spiro atoms. The summed E-state index contributed by atoms with van der Waals surface area (Å²) in [7, 11) is 0. The maximum Gasteiger partial charge on any atom is 0.322 e. The quantitative estimate of drug-likeness (QED) is 0.432. The molecular formula is C9H16N4O3. The van der Waals surface area contributed by atoms with Crippen molar-refractivity contribution in [3.05, 3.63) is 0 Å². The SMILES string of the molecule is N#COCCCCCCNC(=O)NC(N)=O. The lowest BCUT2D eigenvalue weighted by Gasteiger charge is -2.04. The summed E-state index contributed by atoms with van der Waals surface area (Å²) in [6, 6.07) is -1.45. The fourth-order valence-electron chi connectivity index (χ4n) is 1.06. The van der Waals surface area contributed by atoms with Gasteiger partial charge in [0.15, 0.2) is 0 Å². The van der Waals surface area contributed by atoms with E-state index in [-0.39, 0.29) is 0 Å². The maximum absolute atomic E-state index is 10.8. The van der Waals surface area contributed by atoms with E-state index < -0.39 is 12.1 Å². The topological polar surface area (TPSA) is 117 Å². The number of nitrogens with one attached hydrogen (secondary N) is 2. The predicted octanol–water partition coefficient (Wildman–Crippen LogP) is 0.422. The molecule has 0 rings (SSSR count). The first-order valence-corrected chi connectivity index (χ1v) is 5.02. The Kier molecular flexibility index (Phi) is 8.40. The largest absolute Gasteiger partial charge is 0.428 e. The molecule has 0 aromatic heterocycles. The predicted molar refractivity (Wildman–Crippen MR) is 56.2 cm³/mol. The molecule has 0 saturated heterocycles. The number of rotatable bonds is 7. The second kappa shape index (κ2) is 9.58. The van der Waals surface area contributed by atoms with E-state index in [0.29, 0.717) is 13.2 Å². The van der Waals surface area contributed by atoms with Crippen LogP contribution in [0.3, 0.4) is 0 Å². The second-order valence-electron chi connectivity index (χ2n) is 3.10. The summed E-state index contributed by atoms with van der Waals surface area (Å²) >= 11 is 0. The normalized spacial score (nSPS) is 8.94. The number of carbonyl (C=O) groups excluding carboxylic acids is 2. The highest BCUT2D eigenvalue weighted by atomic mass is 16.5. The minimum atomic E-state index is -0.869. The van der Waals surface area contributed by atoms with E-state index in [1.807, 2.05) is 5.32 Å². The molecule has 0 fully saturated rings. The zero-order valence-electron chi connectivity index (χ0n) is 8.99. The zero-order valence-corrected chi connectivity index (χ0v) is 8.99. The Morgan fingerprint density at radius 3 is 2.56 bits per heavy atom. The molecular weight excluding hydrogens is 212 g/mol. The summed E-state index contributed by atoms with van der Waals surface area (Å²) in [5.41, 5.74) is 4.74. The van der Waals surface area contributed by atoms with E-state index in [4.69, 9.17) is 11.0 Å². The van der Waals surface area contributed by atoms with Crippen LogP contribution >= 0.6 is 0 Å². The highest BCUT2D eigenvalue weighted by molar-refractivity contribution is 5.92. The Balaban J connectivity index is 3.18. The first kappa shape index (κ1) is 14.0. The number of unbranched alkanes of at least 4 members (excludes halogenated alkanes) is 3. The lowest BCUT2D eigenvalue weighted by molar-refractivity contribution is 0.231. The number of imide groups is 1. The molecule has 0 aliphatic rings. The summed E-state index contributed by atoms with van der Waals surface area (Å²) in [4.78, 5) is 21.1. The van der Waals surface area contributed by atoms with Crippen LogP contribution in [0.4, 0.5) is 9.59 Å². The van der Waals surface area contributed by atoms with Gasteiger partial charge in [-0.05, 0) is 19.3 Å². The molecule has 0 saturated carbocycles. The highest BCUT2D eigenvalue weighted by Crippen LogP contribution is 1.98. The monoisotopic (exact) mass is 228 g/mol. The molecule has 0 aliphatic carbocycles. The lowest BCUT2D eigenvalue weighted by atomic mass is 10.2. The Morgan fingerprint density at radius 1 is 1.25 bits per heavy atom. The summed E-state index contributed by atoms with van der Waals surface area (Å²) in [6.45, 7) is 0.921. The van der Waals surface area contributed by atoms with Crippen molar-refractivity contribution in [2.45, 2.75) is 25.7 Å². The molecule has 7 nitrogen and oxygen atoms in total. The molecule has 0 aromatic carbocycles. The van der Waals surface area contributed by atoms with Crippen LogP contribution in [0.15, 0.2) is 0 Å². The van der Waals surface area contributed by atoms with Crippen LogP contribution in [-0.2, 0) is 4.74 Å². The van der Waals surface area contributed by atoms with Crippen LogP contribution in [0, 0.1) is 11.5 Å². The van der Waals surface area contributed by atoms with E-state index in [1.54, 1.807) is 6.26 Å². The third-order valence-corrected chi connectivity index (χ3v) is 1.76. The van der Waals surface area contributed by atoms with E-state index in [2.05, 4.69) is 10.1 Å². The number of hydrogen-bond acceptors (Lipinski definition) is 4. The standard InChI is InChI=1S/C9H16N4O3/c10-7-16-6-4-2-1-3-5-12-9(15)13-8(11)14/h1-6H2,(H4,11,12,13,14,15). The van der Waals surface area contributed by atoms with Crippen molar-refractivity contribution in [1.82, 2.24) is 10.6 Å². The van der Waals surface area contributed by atoms with Crippen molar-refractivity contribution >= 4 is 12.1 Å².